The minimum Gasteiger partial charge on any atom is -0.439 e. The second-order valence-corrected chi connectivity index (χ2v) is 3.91. The van der Waals surface area contributed by atoms with Gasteiger partial charge in [-0.25, -0.2) is 4.98 Å². The van der Waals surface area contributed by atoms with Crippen molar-refractivity contribution in [3.63, 3.8) is 0 Å². The lowest BCUT2D eigenvalue weighted by molar-refractivity contribution is 0.184. The molecule has 0 saturated heterocycles. The first kappa shape index (κ1) is 11.1. The van der Waals surface area contributed by atoms with Gasteiger partial charge in [0.05, 0.1) is 6.04 Å². The quantitative estimate of drug-likeness (QED) is 0.857. The number of ether oxygens (including phenoxy) is 1. The van der Waals surface area contributed by atoms with Crippen LogP contribution in [0.5, 0.6) is 0 Å². The molecule has 0 aliphatic heterocycles. The van der Waals surface area contributed by atoms with Gasteiger partial charge in [0.15, 0.2) is 5.58 Å². The molecule has 86 valence electrons. The highest BCUT2D eigenvalue weighted by Gasteiger charge is 2.13. The standard InChI is InChI=1S/C12H16N2O2/c1-8-3-4-11-10(7-8)14-12(16-11)9(13)5-6-15-2/h3-4,7,9H,5-6,13H2,1-2H3. The zero-order valence-corrected chi connectivity index (χ0v) is 9.56. The summed E-state index contributed by atoms with van der Waals surface area (Å²) in [5, 5.41) is 0. The lowest BCUT2D eigenvalue weighted by Gasteiger charge is -2.05. The Bertz CT molecular complexity index is 479. The first-order valence-electron chi connectivity index (χ1n) is 5.32. The second-order valence-electron chi connectivity index (χ2n) is 3.91. The molecular formula is C12H16N2O2. The maximum atomic E-state index is 5.95. The van der Waals surface area contributed by atoms with Crippen molar-refractivity contribution >= 4 is 11.1 Å². The van der Waals surface area contributed by atoms with E-state index in [-0.39, 0.29) is 6.04 Å². The predicted octanol–water partition coefficient (Wildman–Crippen LogP) is 2.17. The predicted molar refractivity (Wildman–Crippen MR) is 62.2 cm³/mol. The zero-order chi connectivity index (χ0) is 11.5. The van der Waals surface area contributed by atoms with Gasteiger partial charge in [0, 0.05) is 13.7 Å². The molecule has 0 aliphatic carbocycles. The van der Waals surface area contributed by atoms with E-state index in [9.17, 15) is 0 Å². The maximum absolute atomic E-state index is 5.95. The molecule has 0 saturated carbocycles. The molecule has 0 radical (unpaired) electrons. The van der Waals surface area contributed by atoms with Crippen molar-refractivity contribution < 1.29 is 9.15 Å². The summed E-state index contributed by atoms with van der Waals surface area (Å²) in [4.78, 5) is 4.38. The fraction of sp³-hybridized carbons (Fsp3) is 0.417. The van der Waals surface area contributed by atoms with E-state index in [4.69, 9.17) is 14.9 Å². The van der Waals surface area contributed by atoms with Crippen LogP contribution in [-0.2, 0) is 4.74 Å². The number of aromatic nitrogens is 1. The molecule has 1 unspecified atom stereocenters. The minimum atomic E-state index is -0.201. The van der Waals surface area contributed by atoms with E-state index in [0.717, 1.165) is 16.7 Å². The summed E-state index contributed by atoms with van der Waals surface area (Å²) in [7, 11) is 1.65. The van der Waals surface area contributed by atoms with Gasteiger partial charge in [-0.2, -0.15) is 0 Å². The van der Waals surface area contributed by atoms with Crippen molar-refractivity contribution in [2.75, 3.05) is 13.7 Å². The van der Waals surface area contributed by atoms with Gasteiger partial charge in [-0.3, -0.25) is 0 Å². The van der Waals surface area contributed by atoms with Gasteiger partial charge >= 0.3 is 0 Å². The fourth-order valence-electron chi connectivity index (χ4n) is 1.58. The normalized spacial score (nSPS) is 13.2. The number of nitrogens with zero attached hydrogens (tertiary/aromatic N) is 1. The lowest BCUT2D eigenvalue weighted by Crippen LogP contribution is -2.12. The third kappa shape index (κ3) is 2.23. The number of fused-ring (bicyclic) bond motifs is 1. The molecule has 0 bridgehead atoms. The number of hydrogen-bond donors (Lipinski definition) is 1. The fourth-order valence-corrected chi connectivity index (χ4v) is 1.58. The molecule has 2 aromatic rings. The van der Waals surface area contributed by atoms with Crippen molar-refractivity contribution in [2.24, 2.45) is 5.73 Å². The molecule has 1 aromatic heterocycles. The SMILES string of the molecule is COCCC(N)c1nc2cc(C)ccc2o1. The first-order chi connectivity index (χ1) is 7.70. The van der Waals surface area contributed by atoms with Crippen LogP contribution in [0.25, 0.3) is 11.1 Å². The Morgan fingerprint density at radius 2 is 2.31 bits per heavy atom. The van der Waals surface area contributed by atoms with Crippen LogP contribution in [0.15, 0.2) is 22.6 Å². The molecule has 0 spiro atoms. The Morgan fingerprint density at radius 1 is 1.50 bits per heavy atom. The molecule has 1 aromatic carbocycles. The molecular weight excluding hydrogens is 204 g/mol. The monoisotopic (exact) mass is 220 g/mol. The number of hydrogen-bond acceptors (Lipinski definition) is 4. The number of nitrogens with two attached hydrogens (primary N) is 1. The second kappa shape index (κ2) is 4.63. The van der Waals surface area contributed by atoms with Crippen molar-refractivity contribution in [2.45, 2.75) is 19.4 Å². The van der Waals surface area contributed by atoms with Crippen LogP contribution < -0.4 is 5.73 Å². The highest BCUT2D eigenvalue weighted by Crippen LogP contribution is 2.21. The molecule has 2 rings (SSSR count). The van der Waals surface area contributed by atoms with Crippen LogP contribution in [0, 0.1) is 6.92 Å². The van der Waals surface area contributed by atoms with E-state index in [1.54, 1.807) is 7.11 Å². The summed E-state index contributed by atoms with van der Waals surface area (Å²) >= 11 is 0. The van der Waals surface area contributed by atoms with E-state index >= 15 is 0 Å². The summed E-state index contributed by atoms with van der Waals surface area (Å²) in [5.74, 6) is 0.581. The average molecular weight is 220 g/mol. The largest absolute Gasteiger partial charge is 0.439 e. The van der Waals surface area contributed by atoms with E-state index in [1.807, 2.05) is 25.1 Å². The molecule has 2 N–H and O–H groups in total. The molecule has 0 aliphatic rings. The molecule has 1 atom stereocenters. The number of oxazole rings is 1. The number of benzene rings is 1. The van der Waals surface area contributed by atoms with Crippen molar-refractivity contribution in [1.82, 2.24) is 4.98 Å². The smallest absolute Gasteiger partial charge is 0.212 e. The summed E-state index contributed by atoms with van der Waals surface area (Å²) in [6.07, 6.45) is 0.711. The molecule has 4 heteroatoms. The molecule has 0 fully saturated rings. The van der Waals surface area contributed by atoms with Crippen LogP contribution in [0.1, 0.15) is 23.9 Å². The van der Waals surface area contributed by atoms with Crippen LogP contribution >= 0.6 is 0 Å². The first-order valence-corrected chi connectivity index (χ1v) is 5.32. The van der Waals surface area contributed by atoms with Crippen molar-refractivity contribution in [3.05, 3.63) is 29.7 Å². The number of methoxy groups -OCH3 is 1. The Hall–Kier alpha value is -1.39. The molecule has 16 heavy (non-hydrogen) atoms. The van der Waals surface area contributed by atoms with Gasteiger partial charge in [0.2, 0.25) is 5.89 Å². The van der Waals surface area contributed by atoms with Crippen LogP contribution in [0.4, 0.5) is 0 Å². The van der Waals surface area contributed by atoms with E-state index in [2.05, 4.69) is 4.98 Å². The minimum absolute atomic E-state index is 0.201. The van der Waals surface area contributed by atoms with Gasteiger partial charge in [-0.1, -0.05) is 6.07 Å². The van der Waals surface area contributed by atoms with Gasteiger partial charge in [0.1, 0.15) is 5.52 Å². The summed E-state index contributed by atoms with van der Waals surface area (Å²) < 4.78 is 10.6. The summed E-state index contributed by atoms with van der Waals surface area (Å²) in [6.45, 7) is 2.64. The van der Waals surface area contributed by atoms with E-state index in [1.165, 1.54) is 0 Å². The van der Waals surface area contributed by atoms with Crippen molar-refractivity contribution in [3.8, 4) is 0 Å². The Balaban J connectivity index is 2.25. The van der Waals surface area contributed by atoms with Crippen LogP contribution in [-0.4, -0.2) is 18.7 Å². The van der Waals surface area contributed by atoms with Crippen molar-refractivity contribution in [1.29, 1.82) is 0 Å². The molecule has 0 amide bonds. The number of aryl methyl sites for hydroxylation is 1. The van der Waals surface area contributed by atoms with Crippen LogP contribution in [0.2, 0.25) is 0 Å². The van der Waals surface area contributed by atoms with E-state index in [0.29, 0.717) is 18.9 Å². The molecule has 4 nitrogen and oxygen atoms in total. The lowest BCUT2D eigenvalue weighted by atomic mass is 10.2. The Labute approximate surface area is 94.4 Å². The van der Waals surface area contributed by atoms with E-state index < -0.39 is 0 Å². The molecule has 1 heterocycles. The average Bonchev–Trinajstić information content (AvgIpc) is 2.68. The van der Waals surface area contributed by atoms with Gasteiger partial charge < -0.3 is 14.9 Å². The third-order valence-electron chi connectivity index (χ3n) is 2.51. The Kier molecular flexibility index (Phi) is 3.22. The highest BCUT2D eigenvalue weighted by atomic mass is 16.5. The third-order valence-corrected chi connectivity index (χ3v) is 2.51. The van der Waals surface area contributed by atoms with Crippen LogP contribution in [0.3, 0.4) is 0 Å². The summed E-state index contributed by atoms with van der Waals surface area (Å²) in [5.41, 5.74) is 8.76. The number of rotatable bonds is 4. The van der Waals surface area contributed by atoms with Gasteiger partial charge in [-0.15, -0.1) is 0 Å². The van der Waals surface area contributed by atoms with Gasteiger partial charge in [-0.05, 0) is 31.0 Å². The topological polar surface area (TPSA) is 61.3 Å². The highest BCUT2D eigenvalue weighted by molar-refractivity contribution is 5.73. The van der Waals surface area contributed by atoms with Gasteiger partial charge in [0.25, 0.3) is 0 Å². The summed E-state index contributed by atoms with van der Waals surface area (Å²) in [6, 6.07) is 5.71. The Morgan fingerprint density at radius 3 is 3.06 bits per heavy atom. The zero-order valence-electron chi connectivity index (χ0n) is 9.56. The maximum Gasteiger partial charge on any atom is 0.212 e.